The van der Waals surface area contributed by atoms with E-state index in [1.807, 2.05) is 12.1 Å². The van der Waals surface area contributed by atoms with Crippen molar-refractivity contribution < 1.29 is 9.90 Å². The minimum Gasteiger partial charge on any atom is -0.388 e. The number of hydrogen-bond donors (Lipinski definition) is 1. The summed E-state index contributed by atoms with van der Waals surface area (Å²) >= 11 is 0. The lowest BCUT2D eigenvalue weighted by atomic mass is 10.0. The predicted octanol–water partition coefficient (Wildman–Crippen LogP) is 1.64. The van der Waals surface area contributed by atoms with Gasteiger partial charge < -0.3 is 10.0 Å². The first-order chi connectivity index (χ1) is 10.6. The van der Waals surface area contributed by atoms with Crippen LogP contribution in [0.15, 0.2) is 36.9 Å². The summed E-state index contributed by atoms with van der Waals surface area (Å²) in [6.07, 6.45) is 6.69. The first-order valence-corrected chi connectivity index (χ1v) is 7.50. The molecular formula is C16H20N4O2. The SMILES string of the molecule is CN(CC1(O)CCCC1)C(=O)c1ccc(-n2cncn2)cc1. The Hall–Kier alpha value is -2.21. The zero-order valence-electron chi connectivity index (χ0n) is 12.6. The molecule has 0 spiro atoms. The molecule has 0 aliphatic heterocycles. The molecule has 1 saturated carbocycles. The van der Waals surface area contributed by atoms with E-state index >= 15 is 0 Å². The zero-order valence-corrected chi connectivity index (χ0v) is 12.6. The highest BCUT2D eigenvalue weighted by Crippen LogP contribution is 2.30. The number of aromatic nitrogens is 3. The topological polar surface area (TPSA) is 71.2 Å². The molecular weight excluding hydrogens is 280 g/mol. The van der Waals surface area contributed by atoms with Gasteiger partial charge in [0.25, 0.3) is 5.91 Å². The molecule has 0 unspecified atom stereocenters. The van der Waals surface area contributed by atoms with Gasteiger partial charge in [-0.2, -0.15) is 5.10 Å². The van der Waals surface area contributed by atoms with Crippen LogP contribution < -0.4 is 0 Å². The van der Waals surface area contributed by atoms with Gasteiger partial charge in [-0.15, -0.1) is 0 Å². The van der Waals surface area contributed by atoms with Gasteiger partial charge in [-0.1, -0.05) is 12.8 Å². The van der Waals surface area contributed by atoms with Crippen LogP contribution in [0.4, 0.5) is 0 Å². The molecule has 0 bridgehead atoms. The number of aliphatic hydroxyl groups is 1. The first kappa shape index (κ1) is 14.7. The molecule has 1 aliphatic rings. The summed E-state index contributed by atoms with van der Waals surface area (Å²) < 4.78 is 1.64. The molecule has 1 aromatic carbocycles. The van der Waals surface area contributed by atoms with Crippen molar-refractivity contribution in [3.63, 3.8) is 0 Å². The van der Waals surface area contributed by atoms with Crippen LogP contribution in [0.5, 0.6) is 0 Å². The zero-order chi connectivity index (χ0) is 15.6. The average Bonchev–Trinajstić information content (AvgIpc) is 3.18. The normalized spacial score (nSPS) is 16.6. The van der Waals surface area contributed by atoms with E-state index in [4.69, 9.17) is 0 Å². The summed E-state index contributed by atoms with van der Waals surface area (Å²) in [4.78, 5) is 18.0. The third kappa shape index (κ3) is 3.01. The Bertz CT molecular complexity index is 631. The fourth-order valence-corrected chi connectivity index (χ4v) is 3.02. The van der Waals surface area contributed by atoms with Crippen LogP contribution in [0.2, 0.25) is 0 Å². The number of benzene rings is 1. The van der Waals surface area contributed by atoms with E-state index < -0.39 is 5.60 Å². The van der Waals surface area contributed by atoms with Crippen molar-refractivity contribution in [2.45, 2.75) is 31.3 Å². The highest BCUT2D eigenvalue weighted by molar-refractivity contribution is 5.94. The van der Waals surface area contributed by atoms with E-state index in [0.29, 0.717) is 12.1 Å². The Kier molecular flexibility index (Phi) is 3.94. The second kappa shape index (κ2) is 5.88. The molecule has 116 valence electrons. The molecule has 6 heteroatoms. The molecule has 6 nitrogen and oxygen atoms in total. The molecule has 3 rings (SSSR count). The van der Waals surface area contributed by atoms with Crippen molar-refractivity contribution in [3.8, 4) is 5.69 Å². The summed E-state index contributed by atoms with van der Waals surface area (Å²) in [6.45, 7) is 0.386. The lowest BCUT2D eigenvalue weighted by molar-refractivity contribution is 0.0157. The average molecular weight is 300 g/mol. The Morgan fingerprint density at radius 3 is 2.59 bits per heavy atom. The van der Waals surface area contributed by atoms with E-state index in [1.165, 1.54) is 6.33 Å². The molecule has 1 N–H and O–H groups in total. The molecule has 0 atom stereocenters. The molecule has 2 aromatic rings. The van der Waals surface area contributed by atoms with Crippen molar-refractivity contribution in [3.05, 3.63) is 42.5 Å². The molecule has 22 heavy (non-hydrogen) atoms. The van der Waals surface area contributed by atoms with Gasteiger partial charge in [0.2, 0.25) is 0 Å². The van der Waals surface area contributed by atoms with Crippen molar-refractivity contribution in [2.75, 3.05) is 13.6 Å². The summed E-state index contributed by atoms with van der Waals surface area (Å²) in [5.41, 5.74) is 0.740. The van der Waals surface area contributed by atoms with Gasteiger partial charge >= 0.3 is 0 Å². The summed E-state index contributed by atoms with van der Waals surface area (Å²) in [5.74, 6) is -0.0783. The third-order valence-corrected chi connectivity index (χ3v) is 4.21. The van der Waals surface area contributed by atoms with Crippen LogP contribution in [-0.2, 0) is 0 Å². The quantitative estimate of drug-likeness (QED) is 0.932. The monoisotopic (exact) mass is 300 g/mol. The fourth-order valence-electron chi connectivity index (χ4n) is 3.02. The van der Waals surface area contributed by atoms with Crippen molar-refractivity contribution >= 4 is 5.91 Å². The number of likely N-dealkylation sites (N-methyl/N-ethyl adjacent to an activating group) is 1. The van der Waals surface area contributed by atoms with E-state index in [1.54, 1.807) is 35.1 Å². The van der Waals surface area contributed by atoms with E-state index in [0.717, 1.165) is 31.4 Å². The van der Waals surface area contributed by atoms with E-state index in [2.05, 4.69) is 10.1 Å². The number of carbonyl (C=O) groups is 1. The van der Waals surface area contributed by atoms with Crippen LogP contribution in [0.1, 0.15) is 36.0 Å². The predicted molar refractivity (Wildman–Crippen MR) is 81.7 cm³/mol. The second-order valence-electron chi connectivity index (χ2n) is 5.98. The molecule has 1 fully saturated rings. The minimum absolute atomic E-state index is 0.0783. The Labute approximate surface area is 129 Å². The Balaban J connectivity index is 1.69. The standard InChI is InChI=1S/C16H20N4O2/c1-19(10-16(22)8-2-3-9-16)15(21)13-4-6-14(7-5-13)20-12-17-11-18-20/h4-7,11-12,22H,2-3,8-10H2,1H3. The van der Waals surface area contributed by atoms with Gasteiger partial charge in [0.15, 0.2) is 0 Å². The lowest BCUT2D eigenvalue weighted by Crippen LogP contribution is -2.42. The molecule has 1 amide bonds. The van der Waals surface area contributed by atoms with Crippen molar-refractivity contribution in [1.82, 2.24) is 19.7 Å². The van der Waals surface area contributed by atoms with E-state index in [-0.39, 0.29) is 5.91 Å². The highest BCUT2D eigenvalue weighted by Gasteiger charge is 2.33. The van der Waals surface area contributed by atoms with Crippen LogP contribution >= 0.6 is 0 Å². The van der Waals surface area contributed by atoms with Crippen LogP contribution in [0.25, 0.3) is 5.69 Å². The third-order valence-electron chi connectivity index (χ3n) is 4.21. The smallest absolute Gasteiger partial charge is 0.253 e. The van der Waals surface area contributed by atoms with Gasteiger partial charge in [0.05, 0.1) is 11.3 Å². The summed E-state index contributed by atoms with van der Waals surface area (Å²) in [6, 6.07) is 7.21. The lowest BCUT2D eigenvalue weighted by Gasteiger charge is -2.28. The Morgan fingerprint density at radius 2 is 2.00 bits per heavy atom. The van der Waals surface area contributed by atoms with Crippen LogP contribution in [0.3, 0.4) is 0 Å². The van der Waals surface area contributed by atoms with Crippen LogP contribution in [0, 0.1) is 0 Å². The van der Waals surface area contributed by atoms with Gasteiger partial charge in [-0.05, 0) is 37.1 Å². The van der Waals surface area contributed by atoms with Gasteiger partial charge in [0, 0.05) is 19.2 Å². The number of carbonyl (C=O) groups excluding carboxylic acids is 1. The number of hydrogen-bond acceptors (Lipinski definition) is 4. The molecule has 1 aromatic heterocycles. The molecule has 0 saturated heterocycles. The number of rotatable bonds is 4. The van der Waals surface area contributed by atoms with Crippen LogP contribution in [-0.4, -0.2) is 49.9 Å². The molecule has 1 heterocycles. The maximum absolute atomic E-state index is 12.5. The first-order valence-electron chi connectivity index (χ1n) is 7.50. The largest absolute Gasteiger partial charge is 0.388 e. The summed E-state index contributed by atoms with van der Waals surface area (Å²) in [5, 5.41) is 14.5. The Morgan fingerprint density at radius 1 is 1.32 bits per heavy atom. The fraction of sp³-hybridized carbons (Fsp3) is 0.438. The number of nitrogens with zero attached hydrogens (tertiary/aromatic N) is 4. The summed E-state index contributed by atoms with van der Waals surface area (Å²) in [7, 11) is 1.74. The second-order valence-corrected chi connectivity index (χ2v) is 5.98. The van der Waals surface area contributed by atoms with Gasteiger partial charge in [-0.3, -0.25) is 4.79 Å². The van der Waals surface area contributed by atoms with Crippen molar-refractivity contribution in [2.24, 2.45) is 0 Å². The maximum atomic E-state index is 12.5. The number of amides is 1. The minimum atomic E-state index is -0.717. The van der Waals surface area contributed by atoms with Crippen molar-refractivity contribution in [1.29, 1.82) is 0 Å². The molecule has 0 radical (unpaired) electrons. The van der Waals surface area contributed by atoms with Gasteiger partial charge in [0.1, 0.15) is 12.7 Å². The van der Waals surface area contributed by atoms with E-state index in [9.17, 15) is 9.90 Å². The molecule has 1 aliphatic carbocycles. The highest BCUT2D eigenvalue weighted by atomic mass is 16.3. The maximum Gasteiger partial charge on any atom is 0.253 e. The van der Waals surface area contributed by atoms with Gasteiger partial charge in [-0.25, -0.2) is 9.67 Å².